The first kappa shape index (κ1) is 16.3. The van der Waals surface area contributed by atoms with E-state index in [2.05, 4.69) is 22.4 Å². The Hall–Kier alpha value is -2.06. The Morgan fingerprint density at radius 1 is 1.45 bits per heavy atom. The van der Waals surface area contributed by atoms with Gasteiger partial charge in [0.25, 0.3) is 11.6 Å². The van der Waals surface area contributed by atoms with E-state index in [1.807, 2.05) is 0 Å². The highest BCUT2D eigenvalue weighted by Gasteiger charge is 2.21. The van der Waals surface area contributed by atoms with Gasteiger partial charge in [-0.2, -0.15) is 0 Å². The van der Waals surface area contributed by atoms with E-state index in [1.165, 1.54) is 29.5 Å². The van der Waals surface area contributed by atoms with Crippen LogP contribution in [0.4, 0.5) is 10.8 Å². The Kier molecular flexibility index (Phi) is 5.40. The van der Waals surface area contributed by atoms with Gasteiger partial charge in [0, 0.05) is 17.5 Å². The number of halogens is 1. The number of nitro benzene ring substituents is 1. The molecule has 0 unspecified atom stereocenters. The number of anilines is 1. The van der Waals surface area contributed by atoms with Gasteiger partial charge in [0.15, 0.2) is 0 Å². The monoisotopic (exact) mass is 340 g/mol. The van der Waals surface area contributed by atoms with Gasteiger partial charge in [-0.1, -0.05) is 36.3 Å². The maximum atomic E-state index is 12.2. The Bertz CT molecular complexity index is 704. The zero-order valence-corrected chi connectivity index (χ0v) is 13.3. The number of nitro groups is 1. The van der Waals surface area contributed by atoms with Crippen molar-refractivity contribution in [1.82, 2.24) is 10.2 Å². The number of amides is 1. The first-order valence-electron chi connectivity index (χ1n) is 6.59. The number of unbranched alkanes of at least 4 members (excludes halogenated alkanes) is 1. The standard InChI is InChI=1S/C13H13ClN4O3S/c1-2-3-4-11-16-17-13(22-11)15-12(19)9-7-8(14)5-6-10(9)18(20)21/h5-7H,2-4H2,1H3,(H,15,17,19). The molecule has 1 aromatic carbocycles. The van der Waals surface area contributed by atoms with E-state index in [1.54, 1.807) is 0 Å². The molecule has 0 radical (unpaired) electrons. The molecule has 9 heteroatoms. The lowest BCUT2D eigenvalue weighted by Crippen LogP contribution is -2.13. The summed E-state index contributed by atoms with van der Waals surface area (Å²) < 4.78 is 0. The van der Waals surface area contributed by atoms with Crippen LogP contribution in [0.3, 0.4) is 0 Å². The molecule has 2 rings (SSSR count). The molecule has 2 aromatic rings. The molecule has 0 bridgehead atoms. The molecule has 0 aliphatic rings. The summed E-state index contributed by atoms with van der Waals surface area (Å²) in [6.45, 7) is 2.07. The van der Waals surface area contributed by atoms with Gasteiger partial charge < -0.3 is 0 Å². The fraction of sp³-hybridized carbons (Fsp3) is 0.308. The van der Waals surface area contributed by atoms with Gasteiger partial charge in [0.2, 0.25) is 5.13 Å². The maximum absolute atomic E-state index is 12.2. The molecular weight excluding hydrogens is 328 g/mol. The van der Waals surface area contributed by atoms with Crippen LogP contribution in [-0.2, 0) is 6.42 Å². The number of carbonyl (C=O) groups is 1. The third-order valence-corrected chi connectivity index (χ3v) is 3.96. The van der Waals surface area contributed by atoms with Crippen molar-refractivity contribution in [1.29, 1.82) is 0 Å². The number of nitrogens with zero attached hydrogens (tertiary/aromatic N) is 3. The van der Waals surface area contributed by atoms with Gasteiger partial charge in [0.05, 0.1) is 4.92 Å². The summed E-state index contributed by atoms with van der Waals surface area (Å²) in [4.78, 5) is 22.5. The number of rotatable bonds is 6. The number of benzene rings is 1. The lowest BCUT2D eigenvalue weighted by atomic mass is 10.1. The van der Waals surface area contributed by atoms with E-state index in [9.17, 15) is 14.9 Å². The Morgan fingerprint density at radius 2 is 2.23 bits per heavy atom. The quantitative estimate of drug-likeness (QED) is 0.638. The van der Waals surface area contributed by atoms with Gasteiger partial charge in [-0.3, -0.25) is 20.2 Å². The summed E-state index contributed by atoms with van der Waals surface area (Å²) >= 11 is 7.06. The van der Waals surface area contributed by atoms with Crippen LogP contribution in [0.25, 0.3) is 0 Å². The Labute approximate surface area is 135 Å². The molecule has 0 spiro atoms. The highest BCUT2D eigenvalue weighted by atomic mass is 35.5. The van der Waals surface area contributed by atoms with E-state index < -0.39 is 10.8 Å². The van der Waals surface area contributed by atoms with Gasteiger partial charge in [0.1, 0.15) is 10.6 Å². The molecule has 1 N–H and O–H groups in total. The Balaban J connectivity index is 2.17. The van der Waals surface area contributed by atoms with Crippen LogP contribution in [0.15, 0.2) is 18.2 Å². The molecule has 1 aromatic heterocycles. The molecule has 0 aliphatic carbocycles. The summed E-state index contributed by atoms with van der Waals surface area (Å²) in [5.41, 5.74) is -0.416. The van der Waals surface area contributed by atoms with Gasteiger partial charge >= 0.3 is 0 Å². The van der Waals surface area contributed by atoms with Gasteiger partial charge in [-0.05, 0) is 18.6 Å². The van der Waals surface area contributed by atoms with Crippen molar-refractivity contribution in [2.75, 3.05) is 5.32 Å². The fourth-order valence-corrected chi connectivity index (χ4v) is 2.70. The maximum Gasteiger partial charge on any atom is 0.282 e. The van der Waals surface area contributed by atoms with Crippen molar-refractivity contribution in [3.05, 3.63) is 43.9 Å². The van der Waals surface area contributed by atoms with Crippen LogP contribution in [0.2, 0.25) is 5.02 Å². The largest absolute Gasteiger partial charge is 0.296 e. The normalized spacial score (nSPS) is 10.5. The minimum Gasteiger partial charge on any atom is -0.296 e. The van der Waals surface area contributed by atoms with Crippen molar-refractivity contribution in [3.63, 3.8) is 0 Å². The predicted octanol–water partition coefficient (Wildman–Crippen LogP) is 3.69. The second kappa shape index (κ2) is 7.28. The SMILES string of the molecule is CCCCc1nnc(NC(=O)c2cc(Cl)ccc2[N+](=O)[O-])s1. The third-order valence-electron chi connectivity index (χ3n) is 2.83. The molecule has 0 atom stereocenters. The van der Waals surface area contributed by atoms with E-state index in [-0.39, 0.29) is 16.3 Å². The van der Waals surface area contributed by atoms with Crippen molar-refractivity contribution >= 4 is 39.7 Å². The smallest absolute Gasteiger partial charge is 0.282 e. The van der Waals surface area contributed by atoms with Crippen LogP contribution < -0.4 is 5.32 Å². The van der Waals surface area contributed by atoms with E-state index >= 15 is 0 Å². The Morgan fingerprint density at radius 3 is 2.91 bits per heavy atom. The van der Waals surface area contributed by atoms with E-state index in [0.29, 0.717) is 5.13 Å². The summed E-state index contributed by atoms with van der Waals surface area (Å²) in [6, 6.07) is 3.82. The molecule has 1 amide bonds. The lowest BCUT2D eigenvalue weighted by molar-refractivity contribution is -0.385. The van der Waals surface area contributed by atoms with Crippen molar-refractivity contribution in [2.24, 2.45) is 0 Å². The molecule has 1 heterocycles. The summed E-state index contributed by atoms with van der Waals surface area (Å²) in [7, 11) is 0. The summed E-state index contributed by atoms with van der Waals surface area (Å²) in [5, 5.41) is 22.7. The molecule has 0 aliphatic heterocycles. The highest BCUT2D eigenvalue weighted by Crippen LogP contribution is 2.25. The van der Waals surface area contributed by atoms with Crippen LogP contribution in [0.1, 0.15) is 35.1 Å². The minimum atomic E-state index is -0.632. The first-order valence-corrected chi connectivity index (χ1v) is 7.78. The van der Waals surface area contributed by atoms with Crippen molar-refractivity contribution < 1.29 is 9.72 Å². The molecule has 0 saturated heterocycles. The zero-order chi connectivity index (χ0) is 16.1. The van der Waals surface area contributed by atoms with Gasteiger partial charge in [-0.15, -0.1) is 10.2 Å². The van der Waals surface area contributed by atoms with Gasteiger partial charge in [-0.25, -0.2) is 0 Å². The summed E-state index contributed by atoms with van der Waals surface area (Å²) in [6.07, 6.45) is 2.82. The molecule has 7 nitrogen and oxygen atoms in total. The molecule has 0 fully saturated rings. The van der Waals surface area contributed by atoms with Crippen LogP contribution in [0.5, 0.6) is 0 Å². The van der Waals surface area contributed by atoms with E-state index in [4.69, 9.17) is 11.6 Å². The third kappa shape index (κ3) is 3.99. The molecular formula is C13H13ClN4O3S. The van der Waals surface area contributed by atoms with Crippen LogP contribution in [0, 0.1) is 10.1 Å². The van der Waals surface area contributed by atoms with Crippen LogP contribution >= 0.6 is 22.9 Å². The highest BCUT2D eigenvalue weighted by molar-refractivity contribution is 7.15. The number of hydrogen-bond donors (Lipinski definition) is 1. The average molecular weight is 341 g/mol. The zero-order valence-electron chi connectivity index (χ0n) is 11.7. The number of carbonyl (C=O) groups excluding carboxylic acids is 1. The average Bonchev–Trinajstić information content (AvgIpc) is 2.92. The first-order chi connectivity index (χ1) is 10.5. The predicted molar refractivity (Wildman–Crippen MR) is 84.6 cm³/mol. The second-order valence-electron chi connectivity index (χ2n) is 4.48. The lowest BCUT2D eigenvalue weighted by Gasteiger charge is -2.03. The number of aromatic nitrogens is 2. The minimum absolute atomic E-state index is 0.109. The second-order valence-corrected chi connectivity index (χ2v) is 5.98. The molecule has 0 saturated carbocycles. The fourth-order valence-electron chi connectivity index (χ4n) is 1.75. The topological polar surface area (TPSA) is 98.0 Å². The summed E-state index contributed by atoms with van der Waals surface area (Å²) in [5.74, 6) is -0.632. The molecule has 22 heavy (non-hydrogen) atoms. The number of aryl methyl sites for hydroxylation is 1. The van der Waals surface area contributed by atoms with Crippen LogP contribution in [-0.4, -0.2) is 21.0 Å². The van der Waals surface area contributed by atoms with E-state index in [0.717, 1.165) is 24.3 Å². The van der Waals surface area contributed by atoms with Crippen molar-refractivity contribution in [3.8, 4) is 0 Å². The number of hydrogen-bond acceptors (Lipinski definition) is 6. The van der Waals surface area contributed by atoms with Crippen molar-refractivity contribution in [2.45, 2.75) is 26.2 Å². The molecule has 116 valence electrons. The number of nitrogens with one attached hydrogen (secondary N) is 1.